The first-order chi connectivity index (χ1) is 14.2. The Morgan fingerprint density at radius 1 is 1.20 bits per heavy atom. The molecule has 1 N–H and O–H groups in total. The molecule has 6 heteroatoms. The number of rotatable bonds is 7. The average Bonchev–Trinajstić information content (AvgIpc) is 3.13. The maximum absolute atomic E-state index is 13.5. The second-order valence-electron chi connectivity index (χ2n) is 8.99. The number of benzene rings is 1. The first-order valence-electron chi connectivity index (χ1n) is 10.7. The molecule has 0 saturated carbocycles. The molecule has 1 aromatic carbocycles. The molecule has 1 aromatic heterocycles. The van der Waals surface area contributed by atoms with Crippen LogP contribution in [-0.2, 0) is 14.4 Å². The third kappa shape index (κ3) is 3.65. The molecule has 160 valence electrons. The number of pyridine rings is 1. The van der Waals surface area contributed by atoms with Gasteiger partial charge in [0.05, 0.1) is 24.5 Å². The number of para-hydroxylation sites is 1. The molecule has 1 amide bonds. The Morgan fingerprint density at radius 3 is 2.53 bits per heavy atom. The fourth-order valence-electron chi connectivity index (χ4n) is 4.67. The number of aromatic nitrogens is 1. The lowest BCUT2D eigenvalue weighted by Crippen LogP contribution is -2.63. The van der Waals surface area contributed by atoms with E-state index in [1.165, 1.54) is 0 Å². The van der Waals surface area contributed by atoms with Crippen molar-refractivity contribution in [3.05, 3.63) is 42.1 Å². The van der Waals surface area contributed by atoms with E-state index >= 15 is 0 Å². The van der Waals surface area contributed by atoms with Crippen LogP contribution < -0.4 is 0 Å². The van der Waals surface area contributed by atoms with Gasteiger partial charge in [0.25, 0.3) is 5.78 Å². The number of fused-ring (bicyclic) bond motifs is 1. The molecular weight excluding hydrogens is 380 g/mol. The summed E-state index contributed by atoms with van der Waals surface area (Å²) in [7, 11) is 0. The van der Waals surface area contributed by atoms with E-state index in [0.29, 0.717) is 32.4 Å². The van der Waals surface area contributed by atoms with Crippen molar-refractivity contribution in [3.63, 3.8) is 0 Å². The highest BCUT2D eigenvalue weighted by Gasteiger charge is 2.60. The molecule has 30 heavy (non-hydrogen) atoms. The van der Waals surface area contributed by atoms with Crippen molar-refractivity contribution in [2.24, 2.45) is 5.41 Å². The number of carbonyl (C=O) groups is 3. The summed E-state index contributed by atoms with van der Waals surface area (Å²) in [6, 6.07) is 8.67. The molecule has 3 rings (SSSR count). The zero-order valence-electron chi connectivity index (χ0n) is 18.2. The van der Waals surface area contributed by atoms with Gasteiger partial charge in [-0.05, 0) is 30.5 Å². The smallest absolute Gasteiger partial charge is 0.383 e. The van der Waals surface area contributed by atoms with Gasteiger partial charge in [-0.3, -0.25) is 9.78 Å². The van der Waals surface area contributed by atoms with Crippen LogP contribution in [0.2, 0.25) is 0 Å². The second-order valence-corrected chi connectivity index (χ2v) is 8.99. The lowest BCUT2D eigenvalue weighted by molar-refractivity contribution is -0.855. The molecule has 0 radical (unpaired) electrons. The van der Waals surface area contributed by atoms with Crippen LogP contribution >= 0.6 is 0 Å². The molecule has 1 saturated heterocycles. The van der Waals surface area contributed by atoms with Crippen molar-refractivity contribution >= 4 is 28.6 Å². The largest absolute Gasteiger partial charge is 0.477 e. The predicted molar refractivity (Wildman–Crippen MR) is 115 cm³/mol. The lowest BCUT2D eigenvalue weighted by atomic mass is 9.83. The number of carbonyl (C=O) groups excluding carboxylic acids is 2. The summed E-state index contributed by atoms with van der Waals surface area (Å²) in [5.41, 5.74) is 0.852. The van der Waals surface area contributed by atoms with Crippen LogP contribution in [0.15, 0.2) is 36.5 Å². The van der Waals surface area contributed by atoms with Gasteiger partial charge in [0.1, 0.15) is 0 Å². The fraction of sp³-hybridized carbons (Fsp3) is 0.500. The van der Waals surface area contributed by atoms with E-state index in [4.69, 9.17) is 0 Å². The Balaban J connectivity index is 2.07. The summed E-state index contributed by atoms with van der Waals surface area (Å²) < 4.78 is -0.300. The van der Waals surface area contributed by atoms with Gasteiger partial charge in [0.15, 0.2) is 0 Å². The van der Waals surface area contributed by atoms with Gasteiger partial charge in [-0.2, -0.15) is 0 Å². The van der Waals surface area contributed by atoms with Crippen LogP contribution in [0.4, 0.5) is 0 Å². The number of likely N-dealkylation sites (tertiary alicyclic amines) is 1. The summed E-state index contributed by atoms with van der Waals surface area (Å²) in [5.74, 6) is -2.43. The summed E-state index contributed by atoms with van der Waals surface area (Å²) in [6.07, 6.45) is 3.40. The molecule has 2 heterocycles. The SMILES string of the molecule is CCC[N+]1(C(=O)C(=O)C(C)(C)CC)CCC(c2cnc3ccccc3c2)[C@H]1C(=O)O. The molecule has 6 nitrogen and oxygen atoms in total. The van der Waals surface area contributed by atoms with Gasteiger partial charge >= 0.3 is 11.9 Å². The minimum Gasteiger partial charge on any atom is -0.477 e. The molecular formula is C24H31N2O4+. The van der Waals surface area contributed by atoms with E-state index in [0.717, 1.165) is 16.5 Å². The maximum Gasteiger partial charge on any atom is 0.383 e. The summed E-state index contributed by atoms with van der Waals surface area (Å²) in [5, 5.41) is 11.2. The standard InChI is InChI=1S/C24H30N2O4/c1-5-12-26(22(28)21(27)24(3,4)6-2)13-11-18(20(26)23(29)30)17-14-16-9-7-8-10-19(16)25-15-17/h7-10,14-15,18,20H,5-6,11-13H2,1-4H3/p+1/t18?,20-,26?/m0/s1. The van der Waals surface area contributed by atoms with Crippen molar-refractivity contribution in [1.82, 2.24) is 4.98 Å². The van der Waals surface area contributed by atoms with Crippen LogP contribution in [0.1, 0.15) is 58.4 Å². The third-order valence-electron chi connectivity index (χ3n) is 6.77. The normalized spacial score (nSPS) is 24.1. The Bertz CT molecular complexity index is 984. The van der Waals surface area contributed by atoms with Gasteiger partial charge in [-0.15, -0.1) is 0 Å². The minimum atomic E-state index is -1.03. The Morgan fingerprint density at radius 2 is 1.90 bits per heavy atom. The number of Topliss-reactive ketones (excluding diaryl/α,β-unsaturated/α-hetero) is 1. The third-order valence-corrected chi connectivity index (χ3v) is 6.77. The number of quaternary nitrogens is 1. The van der Waals surface area contributed by atoms with Crippen molar-refractivity contribution in [3.8, 4) is 0 Å². The summed E-state index contributed by atoms with van der Waals surface area (Å²) in [4.78, 5) is 43.6. The van der Waals surface area contributed by atoms with Crippen molar-refractivity contribution in [2.75, 3.05) is 13.1 Å². The fourth-order valence-corrected chi connectivity index (χ4v) is 4.67. The molecule has 1 aliphatic heterocycles. The van der Waals surface area contributed by atoms with Crippen LogP contribution in [0.3, 0.4) is 0 Å². The molecule has 2 aromatic rings. The van der Waals surface area contributed by atoms with Crippen molar-refractivity contribution in [1.29, 1.82) is 0 Å². The number of carboxylic acids is 1. The van der Waals surface area contributed by atoms with Crippen molar-refractivity contribution in [2.45, 2.75) is 58.9 Å². The average molecular weight is 412 g/mol. The molecule has 2 unspecified atom stereocenters. The molecule has 0 spiro atoms. The molecule has 0 aliphatic carbocycles. The summed E-state index contributed by atoms with van der Waals surface area (Å²) >= 11 is 0. The Hall–Kier alpha value is -2.60. The van der Waals surface area contributed by atoms with Gasteiger partial charge in [0, 0.05) is 23.4 Å². The van der Waals surface area contributed by atoms with E-state index in [9.17, 15) is 19.5 Å². The first kappa shape index (κ1) is 22.1. The minimum absolute atomic E-state index is 0.300. The van der Waals surface area contributed by atoms with Gasteiger partial charge in [-0.1, -0.05) is 45.9 Å². The number of hydrogen-bond donors (Lipinski definition) is 1. The second kappa shape index (κ2) is 8.26. The lowest BCUT2D eigenvalue weighted by Gasteiger charge is -2.37. The van der Waals surface area contributed by atoms with Crippen LogP contribution in [-0.4, -0.2) is 51.4 Å². The van der Waals surface area contributed by atoms with E-state index in [2.05, 4.69) is 4.98 Å². The van der Waals surface area contributed by atoms with E-state index in [1.807, 2.05) is 44.2 Å². The van der Waals surface area contributed by atoms with E-state index in [-0.39, 0.29) is 10.4 Å². The van der Waals surface area contributed by atoms with Crippen LogP contribution in [0.5, 0.6) is 0 Å². The molecule has 0 bridgehead atoms. The zero-order chi connectivity index (χ0) is 22.1. The van der Waals surface area contributed by atoms with Crippen LogP contribution in [0.25, 0.3) is 10.9 Å². The molecule has 1 aliphatic rings. The summed E-state index contributed by atoms with van der Waals surface area (Å²) in [6.45, 7) is 8.01. The Labute approximate surface area is 177 Å². The molecule has 3 atom stereocenters. The number of amides is 1. The quantitative estimate of drug-likeness (QED) is 0.551. The van der Waals surface area contributed by atoms with Gasteiger partial charge in [0.2, 0.25) is 6.04 Å². The monoisotopic (exact) mass is 411 g/mol. The number of carboxylic acid groups (broad SMARTS) is 1. The van der Waals surface area contributed by atoms with Crippen LogP contribution in [0, 0.1) is 5.41 Å². The van der Waals surface area contributed by atoms with Gasteiger partial charge in [-0.25, -0.2) is 14.1 Å². The zero-order valence-corrected chi connectivity index (χ0v) is 18.2. The molecule has 1 fully saturated rings. The van der Waals surface area contributed by atoms with Crippen molar-refractivity contribution < 1.29 is 24.0 Å². The number of nitrogens with zero attached hydrogens (tertiary/aromatic N) is 2. The predicted octanol–water partition coefficient (Wildman–Crippen LogP) is 3.93. The highest BCUT2D eigenvalue weighted by Crippen LogP contribution is 2.41. The maximum atomic E-state index is 13.5. The number of aliphatic carboxylic acids is 1. The highest BCUT2D eigenvalue weighted by atomic mass is 16.4. The Kier molecular flexibility index (Phi) is 6.09. The van der Waals surface area contributed by atoms with E-state index < -0.39 is 29.1 Å². The topological polar surface area (TPSA) is 84.3 Å². The van der Waals surface area contributed by atoms with E-state index in [1.54, 1.807) is 20.0 Å². The first-order valence-corrected chi connectivity index (χ1v) is 10.7. The van der Waals surface area contributed by atoms with Gasteiger partial charge < -0.3 is 5.11 Å². The number of hydrogen-bond acceptors (Lipinski definition) is 4. The number of ketones is 1. The highest BCUT2D eigenvalue weighted by molar-refractivity contribution is 6.35.